The highest BCUT2D eigenvalue weighted by molar-refractivity contribution is 14.1. The van der Waals surface area contributed by atoms with Crippen molar-refractivity contribution in [1.82, 2.24) is 14.8 Å². The van der Waals surface area contributed by atoms with E-state index in [1.165, 1.54) is 17.1 Å². The molecule has 4 aromatic rings. The molecule has 0 spiro atoms. The van der Waals surface area contributed by atoms with Gasteiger partial charge >= 0.3 is 0 Å². The van der Waals surface area contributed by atoms with Crippen molar-refractivity contribution in [3.8, 4) is 11.5 Å². The molecule has 1 atom stereocenters. The topological polar surface area (TPSA) is 78.3 Å². The molecule has 7 nitrogen and oxygen atoms in total. The second kappa shape index (κ2) is 8.78. The van der Waals surface area contributed by atoms with Crippen LogP contribution in [0.15, 0.2) is 60.9 Å². The average Bonchev–Trinajstić information content (AvgIpc) is 3.26. The summed E-state index contributed by atoms with van der Waals surface area (Å²) in [5.74, 6) is 1.72. The lowest BCUT2D eigenvalue weighted by Gasteiger charge is -2.25. The number of hydrogen-bond donors (Lipinski definition) is 1. The van der Waals surface area contributed by atoms with Crippen LogP contribution in [0, 0.1) is 3.57 Å². The summed E-state index contributed by atoms with van der Waals surface area (Å²) in [5.41, 5.74) is 2.04. The van der Waals surface area contributed by atoms with E-state index in [9.17, 15) is 4.79 Å². The third kappa shape index (κ3) is 3.90. The SMILES string of the molecule is CCOc1cc([C@H]2CC(=O)Nc3ncnn32)cc(I)c1OCc1cccc2ccccc12. The van der Waals surface area contributed by atoms with Crippen molar-refractivity contribution >= 4 is 45.2 Å². The van der Waals surface area contributed by atoms with Crippen LogP contribution in [0.3, 0.4) is 0 Å². The quantitative estimate of drug-likeness (QED) is 0.351. The Hall–Kier alpha value is -3.14. The second-order valence-electron chi connectivity index (χ2n) is 7.49. The van der Waals surface area contributed by atoms with E-state index in [1.807, 2.05) is 37.3 Å². The van der Waals surface area contributed by atoms with Crippen LogP contribution in [0.5, 0.6) is 11.5 Å². The molecule has 0 saturated carbocycles. The third-order valence-corrected chi connectivity index (χ3v) is 6.27. The van der Waals surface area contributed by atoms with Gasteiger partial charge in [-0.2, -0.15) is 10.1 Å². The van der Waals surface area contributed by atoms with Crippen molar-refractivity contribution in [2.45, 2.75) is 26.0 Å². The predicted octanol–water partition coefficient (Wildman–Crippen LogP) is 4.95. The van der Waals surface area contributed by atoms with Gasteiger partial charge in [0.1, 0.15) is 12.9 Å². The number of aromatic nitrogens is 3. The van der Waals surface area contributed by atoms with Gasteiger partial charge in [-0.25, -0.2) is 4.68 Å². The molecule has 1 N–H and O–H groups in total. The molecule has 8 heteroatoms. The summed E-state index contributed by atoms with van der Waals surface area (Å²) in [6.07, 6.45) is 1.73. The zero-order valence-corrected chi connectivity index (χ0v) is 19.6. The minimum Gasteiger partial charge on any atom is -0.490 e. The lowest BCUT2D eigenvalue weighted by Crippen LogP contribution is -2.29. The summed E-state index contributed by atoms with van der Waals surface area (Å²) in [7, 11) is 0. The molecule has 1 aliphatic rings. The molecule has 32 heavy (non-hydrogen) atoms. The maximum absolute atomic E-state index is 12.2. The molecule has 0 unspecified atom stereocenters. The van der Waals surface area contributed by atoms with Gasteiger partial charge in [0.05, 0.1) is 22.6 Å². The summed E-state index contributed by atoms with van der Waals surface area (Å²) in [6.45, 7) is 2.87. The van der Waals surface area contributed by atoms with E-state index in [4.69, 9.17) is 9.47 Å². The van der Waals surface area contributed by atoms with Gasteiger partial charge in [0.15, 0.2) is 11.5 Å². The molecule has 162 valence electrons. The fourth-order valence-corrected chi connectivity index (χ4v) is 4.80. The van der Waals surface area contributed by atoms with Crippen molar-refractivity contribution in [3.63, 3.8) is 0 Å². The van der Waals surface area contributed by atoms with Crippen LogP contribution >= 0.6 is 22.6 Å². The molecule has 0 saturated heterocycles. The van der Waals surface area contributed by atoms with E-state index in [0.717, 1.165) is 14.7 Å². The largest absolute Gasteiger partial charge is 0.490 e. The lowest BCUT2D eigenvalue weighted by molar-refractivity contribution is -0.117. The van der Waals surface area contributed by atoms with E-state index in [-0.39, 0.29) is 18.4 Å². The molecule has 3 aromatic carbocycles. The van der Waals surface area contributed by atoms with E-state index < -0.39 is 0 Å². The molecule has 0 radical (unpaired) electrons. The summed E-state index contributed by atoms with van der Waals surface area (Å²) in [4.78, 5) is 16.3. The number of hydrogen-bond acceptors (Lipinski definition) is 5. The Morgan fingerprint density at radius 2 is 2.00 bits per heavy atom. The number of amides is 1. The predicted molar refractivity (Wildman–Crippen MR) is 130 cm³/mol. The first-order chi connectivity index (χ1) is 15.6. The van der Waals surface area contributed by atoms with Gasteiger partial charge in [-0.1, -0.05) is 42.5 Å². The molecule has 1 aliphatic heterocycles. The molecule has 1 aromatic heterocycles. The van der Waals surface area contributed by atoms with Crippen LogP contribution in [0.1, 0.15) is 30.5 Å². The van der Waals surface area contributed by atoms with Crippen LogP contribution in [-0.4, -0.2) is 27.3 Å². The van der Waals surface area contributed by atoms with Gasteiger partial charge in [0, 0.05) is 0 Å². The molecule has 0 aliphatic carbocycles. The first-order valence-electron chi connectivity index (χ1n) is 10.4. The van der Waals surface area contributed by atoms with E-state index in [2.05, 4.69) is 62.3 Å². The third-order valence-electron chi connectivity index (χ3n) is 5.47. The number of anilines is 1. The molecule has 0 bridgehead atoms. The molecular weight excluding hydrogens is 519 g/mol. The first kappa shape index (κ1) is 20.7. The van der Waals surface area contributed by atoms with Gasteiger partial charge in [-0.15, -0.1) is 0 Å². The monoisotopic (exact) mass is 540 g/mol. The van der Waals surface area contributed by atoms with Crippen LogP contribution in [0.25, 0.3) is 10.8 Å². The Kier molecular flexibility index (Phi) is 5.69. The highest BCUT2D eigenvalue weighted by Gasteiger charge is 2.29. The Morgan fingerprint density at radius 3 is 2.88 bits per heavy atom. The zero-order chi connectivity index (χ0) is 22.1. The second-order valence-corrected chi connectivity index (χ2v) is 8.65. The normalized spacial score (nSPS) is 15.3. The van der Waals surface area contributed by atoms with E-state index in [0.29, 0.717) is 30.7 Å². The van der Waals surface area contributed by atoms with Crippen molar-refractivity contribution in [1.29, 1.82) is 0 Å². The number of rotatable bonds is 6. The number of carbonyl (C=O) groups excluding carboxylic acids is 1. The van der Waals surface area contributed by atoms with Crippen molar-refractivity contribution in [2.75, 3.05) is 11.9 Å². The molecule has 1 amide bonds. The number of nitrogens with one attached hydrogen (secondary N) is 1. The van der Waals surface area contributed by atoms with E-state index in [1.54, 1.807) is 4.68 Å². The lowest BCUT2D eigenvalue weighted by atomic mass is 10.0. The van der Waals surface area contributed by atoms with Crippen LogP contribution < -0.4 is 14.8 Å². The summed E-state index contributed by atoms with van der Waals surface area (Å²) in [5, 5.41) is 9.40. The number of ether oxygens (including phenoxy) is 2. The van der Waals surface area contributed by atoms with Crippen LogP contribution in [0.2, 0.25) is 0 Å². The summed E-state index contributed by atoms with van der Waals surface area (Å²) < 4.78 is 14.9. The van der Waals surface area contributed by atoms with Crippen LogP contribution in [0.4, 0.5) is 5.95 Å². The standard InChI is InChI=1S/C24H21IN4O3/c1-2-31-21-11-17(20-12-22(30)28-24-26-14-27-29(20)24)10-19(25)23(21)32-13-16-8-5-7-15-6-3-4-9-18(15)16/h3-11,14,20H,2,12-13H2,1H3,(H,26,27,28,30)/t20-/m1/s1. The highest BCUT2D eigenvalue weighted by Crippen LogP contribution is 2.39. The van der Waals surface area contributed by atoms with Crippen LogP contribution in [-0.2, 0) is 11.4 Å². The Balaban J connectivity index is 1.48. The fourth-order valence-electron chi connectivity index (χ4n) is 4.02. The van der Waals surface area contributed by atoms with Gasteiger partial charge < -0.3 is 9.47 Å². The zero-order valence-electron chi connectivity index (χ0n) is 17.4. The molecule has 2 heterocycles. The van der Waals surface area contributed by atoms with Crippen molar-refractivity contribution in [3.05, 3.63) is 75.6 Å². The van der Waals surface area contributed by atoms with Gasteiger partial charge in [-0.3, -0.25) is 10.1 Å². The molecular formula is C24H21IN4O3. The smallest absolute Gasteiger partial charge is 0.229 e. The fraction of sp³-hybridized carbons (Fsp3) is 0.208. The molecule has 5 rings (SSSR count). The Morgan fingerprint density at radius 1 is 1.16 bits per heavy atom. The number of nitrogens with zero attached hydrogens (tertiary/aromatic N) is 3. The van der Waals surface area contributed by atoms with E-state index >= 15 is 0 Å². The number of fused-ring (bicyclic) bond motifs is 2. The summed E-state index contributed by atoms with van der Waals surface area (Å²) >= 11 is 2.26. The Labute approximate surface area is 198 Å². The first-order valence-corrected chi connectivity index (χ1v) is 11.5. The average molecular weight is 540 g/mol. The number of carbonyl (C=O) groups is 1. The van der Waals surface area contributed by atoms with Gasteiger partial charge in [0.2, 0.25) is 11.9 Å². The minimum absolute atomic E-state index is 0.0836. The van der Waals surface area contributed by atoms with Crippen molar-refractivity contribution in [2.24, 2.45) is 0 Å². The number of benzene rings is 3. The van der Waals surface area contributed by atoms with Gasteiger partial charge in [0.25, 0.3) is 0 Å². The summed E-state index contributed by atoms with van der Waals surface area (Å²) in [6, 6.07) is 18.2. The maximum Gasteiger partial charge on any atom is 0.229 e. The minimum atomic E-state index is -0.249. The van der Waals surface area contributed by atoms with Gasteiger partial charge in [-0.05, 0) is 63.5 Å². The maximum atomic E-state index is 12.2. The van der Waals surface area contributed by atoms with Crippen molar-refractivity contribution < 1.29 is 14.3 Å². The molecule has 0 fully saturated rings. The highest BCUT2D eigenvalue weighted by atomic mass is 127. The Bertz CT molecular complexity index is 1300. The number of halogens is 1.